The number of aromatic nitrogens is 8. The second kappa shape index (κ2) is 9.47. The van der Waals surface area contributed by atoms with Gasteiger partial charge < -0.3 is 0 Å². The molecule has 8 heteroatoms. The maximum absolute atomic E-state index is 4.80. The van der Waals surface area contributed by atoms with Crippen molar-refractivity contribution in [3.8, 4) is 22.5 Å². The second-order valence-corrected chi connectivity index (χ2v) is 12.3. The van der Waals surface area contributed by atoms with E-state index in [1.165, 1.54) is 11.1 Å². The van der Waals surface area contributed by atoms with Gasteiger partial charge in [-0.05, 0) is 59.1 Å². The number of aryl methyl sites for hydroxylation is 3. The molecule has 0 radical (unpaired) electrons. The lowest BCUT2D eigenvalue weighted by Gasteiger charge is -2.25. The van der Waals surface area contributed by atoms with Crippen molar-refractivity contribution in [1.82, 2.24) is 39.5 Å². The number of hydrogen-bond acceptors (Lipinski definition) is 4. The largest absolute Gasteiger partial charge is 0.277 e. The van der Waals surface area contributed by atoms with Crippen molar-refractivity contribution >= 4 is 21.8 Å². The van der Waals surface area contributed by atoms with Crippen LogP contribution in [0.5, 0.6) is 0 Å². The summed E-state index contributed by atoms with van der Waals surface area (Å²) in [5.74, 6) is 0. The van der Waals surface area contributed by atoms with E-state index in [1.54, 1.807) is 0 Å². The summed E-state index contributed by atoms with van der Waals surface area (Å²) in [6.07, 6.45) is 9.97. The Bertz CT molecular complexity index is 1820. The number of hydrogen-bond donors (Lipinski definition) is 1. The molecule has 206 valence electrons. The maximum Gasteiger partial charge on any atom is 0.103 e. The van der Waals surface area contributed by atoms with Crippen LogP contribution < -0.4 is 0 Å². The molecule has 0 aliphatic carbocycles. The first kappa shape index (κ1) is 26.0. The Balaban J connectivity index is 1.24. The zero-order valence-corrected chi connectivity index (χ0v) is 24.5. The quantitative estimate of drug-likeness (QED) is 0.234. The Hall–Kier alpha value is -4.20. The summed E-state index contributed by atoms with van der Waals surface area (Å²) >= 11 is 0. The van der Waals surface area contributed by atoms with Gasteiger partial charge in [0.25, 0.3) is 0 Å². The minimum Gasteiger partial charge on any atom is -0.277 e. The molecule has 0 saturated carbocycles. The molecule has 0 aliphatic rings. The van der Waals surface area contributed by atoms with Crippen LogP contribution >= 0.6 is 0 Å². The van der Waals surface area contributed by atoms with Crippen LogP contribution in [0.1, 0.15) is 58.6 Å². The van der Waals surface area contributed by atoms with E-state index in [0.29, 0.717) is 0 Å². The summed E-state index contributed by atoms with van der Waals surface area (Å²) < 4.78 is 5.81. The van der Waals surface area contributed by atoms with Crippen LogP contribution in [-0.2, 0) is 31.5 Å². The summed E-state index contributed by atoms with van der Waals surface area (Å²) in [6.45, 7) is 12.2. The smallest absolute Gasteiger partial charge is 0.103 e. The van der Waals surface area contributed by atoms with Crippen LogP contribution in [0.15, 0.2) is 61.2 Å². The van der Waals surface area contributed by atoms with E-state index in [9.17, 15) is 0 Å². The van der Waals surface area contributed by atoms with Gasteiger partial charge in [-0.15, -0.1) is 0 Å². The molecule has 0 saturated heterocycles. The molecule has 0 fully saturated rings. The lowest BCUT2D eigenvalue weighted by molar-refractivity contribution is 0.421. The van der Waals surface area contributed by atoms with Crippen molar-refractivity contribution < 1.29 is 0 Å². The van der Waals surface area contributed by atoms with Crippen LogP contribution in [0.4, 0.5) is 0 Å². The van der Waals surface area contributed by atoms with Gasteiger partial charge in [-0.3, -0.25) is 19.1 Å². The van der Waals surface area contributed by atoms with Gasteiger partial charge in [-0.2, -0.15) is 20.4 Å². The first-order valence-corrected chi connectivity index (χ1v) is 14.0. The van der Waals surface area contributed by atoms with Crippen LogP contribution in [0.2, 0.25) is 0 Å². The van der Waals surface area contributed by atoms with E-state index in [-0.39, 0.29) is 10.8 Å². The third-order valence-corrected chi connectivity index (χ3v) is 8.71. The Morgan fingerprint density at radius 2 is 1.50 bits per heavy atom. The summed E-state index contributed by atoms with van der Waals surface area (Å²) in [4.78, 5) is 0. The molecule has 0 amide bonds. The lowest BCUT2D eigenvalue weighted by Crippen LogP contribution is -2.20. The Labute approximate surface area is 235 Å². The van der Waals surface area contributed by atoms with E-state index in [2.05, 4.69) is 92.5 Å². The molecule has 0 bridgehead atoms. The Morgan fingerprint density at radius 3 is 2.25 bits per heavy atom. The zero-order chi connectivity index (χ0) is 28.2. The highest BCUT2D eigenvalue weighted by atomic mass is 15.3. The molecule has 6 rings (SSSR count). The SMILES string of the molecule is CCC(C)(C)c1ccc2[nH]nc(-c3cnn(CCC(C)(C)c4ccc5c(c4)c(-c4cnn(C)c4)nn5C)c3)c2c1. The first-order valence-electron chi connectivity index (χ1n) is 14.0. The molecule has 0 aliphatic heterocycles. The average molecular weight is 535 g/mol. The summed E-state index contributed by atoms with van der Waals surface area (Å²) in [6, 6.07) is 13.3. The van der Waals surface area contributed by atoms with Crippen molar-refractivity contribution in [3.63, 3.8) is 0 Å². The molecule has 0 unspecified atom stereocenters. The number of benzene rings is 2. The van der Waals surface area contributed by atoms with Crippen molar-refractivity contribution in [2.45, 2.75) is 64.8 Å². The van der Waals surface area contributed by atoms with E-state index in [4.69, 9.17) is 10.2 Å². The van der Waals surface area contributed by atoms with Gasteiger partial charge in [0.2, 0.25) is 0 Å². The molecule has 6 aromatic rings. The fourth-order valence-electron chi connectivity index (χ4n) is 5.45. The maximum atomic E-state index is 4.80. The molecule has 4 aromatic heterocycles. The molecule has 0 spiro atoms. The molecule has 4 heterocycles. The lowest BCUT2D eigenvalue weighted by atomic mass is 9.81. The van der Waals surface area contributed by atoms with Crippen molar-refractivity contribution in [2.24, 2.45) is 14.1 Å². The highest BCUT2D eigenvalue weighted by molar-refractivity contribution is 5.94. The number of H-pyrrole nitrogens is 1. The summed E-state index contributed by atoms with van der Waals surface area (Å²) in [5, 5.41) is 24.0. The molecular formula is C32H38N8. The molecule has 1 N–H and O–H groups in total. The van der Waals surface area contributed by atoms with Crippen molar-refractivity contribution in [1.29, 1.82) is 0 Å². The van der Waals surface area contributed by atoms with Crippen LogP contribution in [0.25, 0.3) is 44.3 Å². The normalized spacial score (nSPS) is 12.7. The number of fused-ring (bicyclic) bond motifs is 2. The zero-order valence-electron chi connectivity index (χ0n) is 24.5. The first-order chi connectivity index (χ1) is 19.1. The van der Waals surface area contributed by atoms with Crippen LogP contribution in [0.3, 0.4) is 0 Å². The third-order valence-electron chi connectivity index (χ3n) is 8.71. The Morgan fingerprint density at radius 1 is 0.800 bits per heavy atom. The highest BCUT2D eigenvalue weighted by Gasteiger charge is 2.24. The third kappa shape index (κ3) is 4.51. The monoisotopic (exact) mass is 534 g/mol. The summed E-state index contributed by atoms with van der Waals surface area (Å²) in [7, 11) is 3.93. The molecule has 0 atom stereocenters. The molecule has 2 aromatic carbocycles. The van der Waals surface area contributed by atoms with Gasteiger partial charge in [0.15, 0.2) is 0 Å². The molecular weight excluding hydrogens is 496 g/mol. The van der Waals surface area contributed by atoms with Crippen LogP contribution in [-0.4, -0.2) is 39.5 Å². The fourth-order valence-corrected chi connectivity index (χ4v) is 5.45. The Kier molecular flexibility index (Phi) is 6.16. The molecule has 8 nitrogen and oxygen atoms in total. The minimum absolute atomic E-state index is 0.0536. The van der Waals surface area contributed by atoms with Gasteiger partial charge in [0.1, 0.15) is 11.4 Å². The topological polar surface area (TPSA) is 82.1 Å². The van der Waals surface area contributed by atoms with E-state index in [1.807, 2.05) is 46.7 Å². The van der Waals surface area contributed by atoms with E-state index < -0.39 is 0 Å². The van der Waals surface area contributed by atoms with Gasteiger partial charge >= 0.3 is 0 Å². The summed E-state index contributed by atoms with van der Waals surface area (Å²) in [5.41, 5.74) is 8.85. The standard InChI is InChI=1S/C32H38N8/c1-8-31(2,3)23-9-11-27-25(15-23)29(36-35-27)22-18-34-40(20-22)14-13-32(4,5)24-10-12-28-26(16-24)30(37-39(28)7)21-17-33-38(6)19-21/h9-12,15-20H,8,13-14H2,1-7H3,(H,35,36). The van der Waals surface area contributed by atoms with Gasteiger partial charge in [0, 0.05) is 54.9 Å². The minimum atomic E-state index is -0.0536. The molecule has 40 heavy (non-hydrogen) atoms. The van der Waals surface area contributed by atoms with Gasteiger partial charge in [0.05, 0.1) is 23.4 Å². The van der Waals surface area contributed by atoms with Crippen LogP contribution in [0, 0.1) is 0 Å². The second-order valence-electron chi connectivity index (χ2n) is 12.3. The fraction of sp³-hybridized carbons (Fsp3) is 0.375. The van der Waals surface area contributed by atoms with Gasteiger partial charge in [-0.25, -0.2) is 0 Å². The average Bonchev–Trinajstić information content (AvgIpc) is 3.73. The highest BCUT2D eigenvalue weighted by Crippen LogP contribution is 2.35. The van der Waals surface area contributed by atoms with Crippen molar-refractivity contribution in [3.05, 3.63) is 72.3 Å². The number of nitrogens with one attached hydrogen (secondary N) is 1. The number of aromatic amines is 1. The van der Waals surface area contributed by atoms with Crippen molar-refractivity contribution in [2.75, 3.05) is 0 Å². The predicted octanol–water partition coefficient (Wildman–Crippen LogP) is 6.77. The van der Waals surface area contributed by atoms with E-state index >= 15 is 0 Å². The number of nitrogens with zero attached hydrogens (tertiary/aromatic N) is 7. The number of rotatable bonds is 8. The van der Waals surface area contributed by atoms with Gasteiger partial charge in [-0.1, -0.05) is 46.8 Å². The van der Waals surface area contributed by atoms with E-state index in [0.717, 1.165) is 63.7 Å². The predicted molar refractivity (Wildman–Crippen MR) is 161 cm³/mol.